The van der Waals surface area contributed by atoms with Crippen molar-refractivity contribution in [2.24, 2.45) is 5.16 Å². The number of oxime groups is 1. The number of rotatable bonds is 2. The first-order valence-corrected chi connectivity index (χ1v) is 4.35. The van der Waals surface area contributed by atoms with Crippen LogP contribution in [0.4, 0.5) is 5.69 Å². The number of benzene rings is 1. The van der Waals surface area contributed by atoms with Crippen LogP contribution in [0.25, 0.3) is 0 Å². The minimum Gasteiger partial charge on any atom is -0.508 e. The van der Waals surface area contributed by atoms with Crippen molar-refractivity contribution < 1.29 is 14.9 Å². The van der Waals surface area contributed by atoms with Gasteiger partial charge in [-0.15, -0.1) is 0 Å². The number of anilines is 1. The summed E-state index contributed by atoms with van der Waals surface area (Å²) in [4.78, 5) is 0. The maximum Gasteiger partial charge on any atom is 0.201 e. The Bertz CT molecular complexity index is 495. The van der Waals surface area contributed by atoms with Gasteiger partial charge < -0.3 is 15.6 Å². The molecule has 0 spiro atoms. The van der Waals surface area contributed by atoms with E-state index in [4.69, 9.17) is 5.21 Å². The van der Waals surface area contributed by atoms with Gasteiger partial charge in [-0.25, -0.2) is 4.63 Å². The summed E-state index contributed by atoms with van der Waals surface area (Å²) < 4.78 is 4.38. The third-order valence-corrected chi connectivity index (χ3v) is 1.81. The van der Waals surface area contributed by atoms with Crippen molar-refractivity contribution in [3.05, 3.63) is 36.2 Å². The van der Waals surface area contributed by atoms with E-state index in [-0.39, 0.29) is 17.3 Å². The van der Waals surface area contributed by atoms with Gasteiger partial charge in [0, 0.05) is 11.8 Å². The fourth-order valence-electron chi connectivity index (χ4n) is 1.13. The quantitative estimate of drug-likeness (QED) is 0.302. The van der Waals surface area contributed by atoms with Crippen LogP contribution < -0.4 is 5.32 Å². The van der Waals surface area contributed by atoms with Gasteiger partial charge in [0.2, 0.25) is 5.84 Å². The molecule has 16 heavy (non-hydrogen) atoms. The fourth-order valence-corrected chi connectivity index (χ4v) is 1.13. The molecule has 3 N–H and O–H groups in total. The molecule has 0 radical (unpaired) electrons. The number of hydrogen-bond donors (Lipinski definition) is 3. The Kier molecular flexibility index (Phi) is 2.68. The Morgan fingerprint density at radius 2 is 2.31 bits per heavy atom. The van der Waals surface area contributed by atoms with Crippen LogP contribution in [-0.4, -0.2) is 26.5 Å². The zero-order valence-electron chi connectivity index (χ0n) is 8.03. The molecule has 0 aliphatic rings. The summed E-state index contributed by atoms with van der Waals surface area (Å²) in [5, 5.41) is 30.7. The van der Waals surface area contributed by atoms with Crippen LogP contribution in [0.3, 0.4) is 0 Å². The van der Waals surface area contributed by atoms with Crippen molar-refractivity contribution in [3.8, 4) is 5.75 Å². The second kappa shape index (κ2) is 4.30. The van der Waals surface area contributed by atoms with Gasteiger partial charge in [-0.1, -0.05) is 16.4 Å². The minimum atomic E-state index is 0.0758. The summed E-state index contributed by atoms with van der Waals surface area (Å²) in [6, 6.07) is 6.34. The highest BCUT2D eigenvalue weighted by atomic mass is 16.6. The number of phenols is 1. The monoisotopic (exact) mass is 220 g/mol. The van der Waals surface area contributed by atoms with Crippen LogP contribution >= 0.6 is 0 Å². The maximum atomic E-state index is 9.24. The predicted molar refractivity (Wildman–Crippen MR) is 54.4 cm³/mol. The second-order valence-corrected chi connectivity index (χ2v) is 2.92. The normalized spacial score (nSPS) is 11.4. The molecule has 82 valence electrons. The number of nitrogens with one attached hydrogen (secondary N) is 1. The van der Waals surface area contributed by atoms with E-state index >= 15 is 0 Å². The Hall–Kier alpha value is -2.57. The van der Waals surface area contributed by atoms with Crippen molar-refractivity contribution in [2.75, 3.05) is 5.32 Å². The molecule has 0 amide bonds. The largest absolute Gasteiger partial charge is 0.508 e. The summed E-state index contributed by atoms with van der Waals surface area (Å²) in [5.41, 5.74) is 0.807. The van der Waals surface area contributed by atoms with Gasteiger partial charge in [0.15, 0.2) is 5.69 Å². The molecular formula is C9H8N4O3. The molecule has 7 heteroatoms. The van der Waals surface area contributed by atoms with E-state index in [0.29, 0.717) is 5.69 Å². The first-order chi connectivity index (χ1) is 7.79. The molecule has 2 aromatic rings. The molecule has 0 bridgehead atoms. The van der Waals surface area contributed by atoms with E-state index in [2.05, 4.69) is 25.4 Å². The predicted octanol–water partition coefficient (Wildman–Crippen LogP) is 1.02. The van der Waals surface area contributed by atoms with Gasteiger partial charge in [-0.2, -0.15) is 0 Å². The van der Waals surface area contributed by atoms with E-state index in [1.165, 1.54) is 18.3 Å². The van der Waals surface area contributed by atoms with Gasteiger partial charge in [0.25, 0.3) is 0 Å². The molecule has 0 aliphatic carbocycles. The summed E-state index contributed by atoms with van der Waals surface area (Å²) >= 11 is 0. The number of aromatic hydroxyl groups is 1. The number of amidine groups is 1. The molecule has 0 saturated carbocycles. The molecule has 7 nitrogen and oxygen atoms in total. The molecule has 1 aromatic carbocycles. The highest BCUT2D eigenvalue weighted by molar-refractivity contribution is 6.06. The highest BCUT2D eigenvalue weighted by Crippen LogP contribution is 2.16. The summed E-state index contributed by atoms with van der Waals surface area (Å²) in [6.45, 7) is 0. The zero-order valence-corrected chi connectivity index (χ0v) is 8.03. The minimum absolute atomic E-state index is 0.0758. The average molecular weight is 220 g/mol. The molecule has 0 aliphatic heterocycles. The van der Waals surface area contributed by atoms with Crippen LogP contribution in [0, 0.1) is 0 Å². The number of nitrogens with zero attached hydrogens (tertiary/aromatic N) is 3. The topological polar surface area (TPSA) is 104 Å². The van der Waals surface area contributed by atoms with Gasteiger partial charge in [0.1, 0.15) is 11.9 Å². The third kappa shape index (κ3) is 2.08. The van der Waals surface area contributed by atoms with Crippen LogP contribution in [0.5, 0.6) is 5.75 Å². The van der Waals surface area contributed by atoms with Crippen LogP contribution in [0.1, 0.15) is 5.69 Å². The molecule has 0 fully saturated rings. The van der Waals surface area contributed by atoms with E-state index in [0.717, 1.165) is 0 Å². The smallest absolute Gasteiger partial charge is 0.201 e. The van der Waals surface area contributed by atoms with Crippen molar-refractivity contribution in [2.45, 2.75) is 0 Å². The van der Waals surface area contributed by atoms with Gasteiger partial charge in [-0.3, -0.25) is 0 Å². The van der Waals surface area contributed by atoms with Gasteiger partial charge in [-0.05, 0) is 17.3 Å². The van der Waals surface area contributed by atoms with Crippen molar-refractivity contribution in [1.29, 1.82) is 0 Å². The average Bonchev–Trinajstić information content (AvgIpc) is 2.79. The first-order valence-electron chi connectivity index (χ1n) is 4.35. The Labute approximate surface area is 90.0 Å². The van der Waals surface area contributed by atoms with Gasteiger partial charge >= 0.3 is 0 Å². The van der Waals surface area contributed by atoms with E-state index < -0.39 is 0 Å². The molecule has 0 unspecified atom stereocenters. The first kappa shape index (κ1) is 9.97. The lowest BCUT2D eigenvalue weighted by Gasteiger charge is -2.04. The molecule has 2 rings (SSSR count). The molecule has 0 atom stereocenters. The van der Waals surface area contributed by atoms with Gasteiger partial charge in [0.05, 0.1) is 0 Å². The van der Waals surface area contributed by atoms with E-state index in [1.807, 2.05) is 0 Å². The fraction of sp³-hybridized carbons (Fsp3) is 0. The Morgan fingerprint density at radius 1 is 1.44 bits per heavy atom. The molecule has 1 aromatic heterocycles. The molecule has 0 saturated heterocycles. The SMILES string of the molecule is ON=C(Nc1cccc(O)c1)c1cnon1. The van der Waals surface area contributed by atoms with Crippen LogP contribution in [0.2, 0.25) is 0 Å². The lowest BCUT2D eigenvalue weighted by molar-refractivity contribution is 0.303. The zero-order chi connectivity index (χ0) is 11.4. The number of phenolic OH excluding ortho intramolecular Hbond substituents is 1. The molecule has 1 heterocycles. The maximum absolute atomic E-state index is 9.24. The lowest BCUT2D eigenvalue weighted by Crippen LogP contribution is -2.13. The lowest BCUT2D eigenvalue weighted by atomic mass is 10.3. The molecular weight excluding hydrogens is 212 g/mol. The highest BCUT2D eigenvalue weighted by Gasteiger charge is 2.09. The van der Waals surface area contributed by atoms with Crippen molar-refractivity contribution in [1.82, 2.24) is 10.3 Å². The van der Waals surface area contributed by atoms with Crippen LogP contribution in [0.15, 0.2) is 40.2 Å². The van der Waals surface area contributed by atoms with E-state index in [1.54, 1.807) is 12.1 Å². The van der Waals surface area contributed by atoms with Crippen molar-refractivity contribution >= 4 is 11.5 Å². The Morgan fingerprint density at radius 3 is 2.94 bits per heavy atom. The van der Waals surface area contributed by atoms with Crippen LogP contribution in [-0.2, 0) is 0 Å². The number of hydrogen-bond acceptors (Lipinski definition) is 6. The van der Waals surface area contributed by atoms with Crippen molar-refractivity contribution in [3.63, 3.8) is 0 Å². The Balaban J connectivity index is 2.21. The third-order valence-electron chi connectivity index (χ3n) is 1.81. The summed E-state index contributed by atoms with van der Waals surface area (Å²) in [6.07, 6.45) is 1.30. The number of aromatic nitrogens is 2. The summed E-state index contributed by atoms with van der Waals surface area (Å²) in [5.74, 6) is 0.174. The summed E-state index contributed by atoms with van der Waals surface area (Å²) in [7, 11) is 0. The standard InChI is InChI=1S/C9H8N4O3/c14-7-3-1-2-6(4-7)11-9(12-15)8-5-10-16-13-8/h1-5,14-15H,(H,11,12). The second-order valence-electron chi connectivity index (χ2n) is 2.92. The van der Waals surface area contributed by atoms with E-state index in [9.17, 15) is 5.11 Å².